The highest BCUT2D eigenvalue weighted by molar-refractivity contribution is 7.91. The van der Waals surface area contributed by atoms with Crippen LogP contribution in [0.15, 0.2) is 0 Å². The lowest BCUT2D eigenvalue weighted by molar-refractivity contribution is -0.132. The van der Waals surface area contributed by atoms with Crippen molar-refractivity contribution in [3.05, 3.63) is 0 Å². The first-order valence-corrected chi connectivity index (χ1v) is 6.53. The Morgan fingerprint density at radius 3 is 2.36 bits per heavy atom. The summed E-state index contributed by atoms with van der Waals surface area (Å²) < 4.78 is 22.2. The van der Waals surface area contributed by atoms with Crippen LogP contribution in [-0.4, -0.2) is 49.9 Å². The largest absolute Gasteiger partial charge is 0.339 e. The molecule has 0 spiro atoms. The molecule has 1 saturated heterocycles. The molecule has 0 aromatic heterocycles. The zero-order valence-electron chi connectivity index (χ0n) is 8.27. The molecule has 0 bridgehead atoms. The van der Waals surface area contributed by atoms with E-state index in [2.05, 4.69) is 0 Å². The van der Waals surface area contributed by atoms with Crippen LogP contribution in [0.2, 0.25) is 0 Å². The van der Waals surface area contributed by atoms with Gasteiger partial charge in [-0.05, 0) is 6.42 Å². The van der Waals surface area contributed by atoms with E-state index in [-0.39, 0.29) is 30.5 Å². The maximum absolute atomic E-state index is 11.5. The average molecular weight is 220 g/mol. The van der Waals surface area contributed by atoms with Gasteiger partial charge >= 0.3 is 0 Å². The maximum Gasteiger partial charge on any atom is 0.239 e. The Morgan fingerprint density at radius 2 is 1.93 bits per heavy atom. The van der Waals surface area contributed by atoms with Gasteiger partial charge in [0.05, 0.1) is 17.5 Å². The summed E-state index contributed by atoms with van der Waals surface area (Å²) in [6, 6.07) is -0.490. The molecule has 1 atom stereocenters. The highest BCUT2D eigenvalue weighted by atomic mass is 32.2. The number of carbonyl (C=O) groups is 1. The standard InChI is InChI=1S/C8H16N2O3S/c1-2-7(9)8(11)10-3-5-14(12,13)6-4-10/h7H,2-6,9H2,1H3/t7-/m1/s1. The van der Waals surface area contributed by atoms with Crippen LogP contribution in [0.4, 0.5) is 0 Å². The molecule has 6 heteroatoms. The number of carbonyl (C=O) groups excluding carboxylic acids is 1. The van der Waals surface area contributed by atoms with E-state index < -0.39 is 15.9 Å². The van der Waals surface area contributed by atoms with E-state index >= 15 is 0 Å². The van der Waals surface area contributed by atoms with Gasteiger partial charge in [-0.2, -0.15) is 0 Å². The molecule has 1 fully saturated rings. The zero-order valence-corrected chi connectivity index (χ0v) is 9.09. The molecule has 1 aliphatic rings. The molecule has 1 rings (SSSR count). The molecule has 0 aliphatic carbocycles. The molecule has 1 aliphatic heterocycles. The molecular formula is C8H16N2O3S. The van der Waals surface area contributed by atoms with Gasteiger partial charge < -0.3 is 10.6 Å². The van der Waals surface area contributed by atoms with Crippen molar-refractivity contribution in [2.24, 2.45) is 5.73 Å². The first kappa shape index (κ1) is 11.5. The van der Waals surface area contributed by atoms with E-state index in [0.717, 1.165) is 0 Å². The second-order valence-corrected chi connectivity index (χ2v) is 5.80. The fraction of sp³-hybridized carbons (Fsp3) is 0.875. The molecule has 5 nitrogen and oxygen atoms in total. The van der Waals surface area contributed by atoms with E-state index in [9.17, 15) is 13.2 Å². The van der Waals surface area contributed by atoms with E-state index in [1.54, 1.807) is 0 Å². The molecule has 1 amide bonds. The summed E-state index contributed by atoms with van der Waals surface area (Å²) in [5.74, 6) is -0.00735. The Morgan fingerprint density at radius 1 is 1.43 bits per heavy atom. The topological polar surface area (TPSA) is 80.5 Å². The van der Waals surface area contributed by atoms with E-state index in [1.165, 1.54) is 4.90 Å². The van der Waals surface area contributed by atoms with Crippen LogP contribution in [0.3, 0.4) is 0 Å². The Hall–Kier alpha value is -0.620. The van der Waals surface area contributed by atoms with Gasteiger partial charge in [-0.25, -0.2) is 8.42 Å². The van der Waals surface area contributed by atoms with Gasteiger partial charge in [0.15, 0.2) is 9.84 Å². The smallest absolute Gasteiger partial charge is 0.239 e. The van der Waals surface area contributed by atoms with Crippen molar-refractivity contribution in [3.8, 4) is 0 Å². The average Bonchev–Trinajstić information content (AvgIpc) is 2.15. The number of nitrogens with zero attached hydrogens (tertiary/aromatic N) is 1. The molecule has 0 aromatic rings. The highest BCUT2D eigenvalue weighted by Gasteiger charge is 2.27. The lowest BCUT2D eigenvalue weighted by Gasteiger charge is -2.28. The predicted octanol–water partition coefficient (Wildman–Crippen LogP) is -1.02. The van der Waals surface area contributed by atoms with Gasteiger partial charge in [0, 0.05) is 13.1 Å². The quantitative estimate of drug-likeness (QED) is 0.646. The predicted molar refractivity (Wildman–Crippen MR) is 53.5 cm³/mol. The molecule has 1 heterocycles. The highest BCUT2D eigenvalue weighted by Crippen LogP contribution is 2.05. The molecule has 2 N–H and O–H groups in total. The SMILES string of the molecule is CC[C@@H](N)C(=O)N1CCS(=O)(=O)CC1. The van der Waals surface area contributed by atoms with Crippen LogP contribution in [0.25, 0.3) is 0 Å². The van der Waals surface area contributed by atoms with Crippen LogP contribution in [0, 0.1) is 0 Å². The summed E-state index contributed by atoms with van der Waals surface area (Å²) in [7, 11) is -2.92. The monoisotopic (exact) mass is 220 g/mol. The minimum Gasteiger partial charge on any atom is -0.339 e. The normalized spacial score (nSPS) is 23.1. The Bertz CT molecular complexity index is 299. The van der Waals surface area contributed by atoms with Crippen LogP contribution in [-0.2, 0) is 14.6 Å². The van der Waals surface area contributed by atoms with Crippen molar-refractivity contribution in [2.45, 2.75) is 19.4 Å². The second-order valence-electron chi connectivity index (χ2n) is 3.49. The Labute approximate surface area is 84.2 Å². The lowest BCUT2D eigenvalue weighted by atomic mass is 10.2. The minimum absolute atomic E-state index is 0.0647. The number of amides is 1. The number of nitrogens with two attached hydrogens (primary N) is 1. The van der Waals surface area contributed by atoms with E-state index in [0.29, 0.717) is 6.42 Å². The zero-order chi connectivity index (χ0) is 10.8. The van der Waals surface area contributed by atoms with Gasteiger partial charge in [0.2, 0.25) is 5.91 Å². The van der Waals surface area contributed by atoms with Crippen LogP contribution < -0.4 is 5.73 Å². The van der Waals surface area contributed by atoms with Crippen molar-refractivity contribution >= 4 is 15.7 Å². The third-order valence-electron chi connectivity index (χ3n) is 2.41. The summed E-state index contributed by atoms with van der Waals surface area (Å²) in [5.41, 5.74) is 5.57. The summed E-state index contributed by atoms with van der Waals surface area (Å²) in [6.07, 6.45) is 0.585. The molecule has 0 unspecified atom stereocenters. The molecule has 0 saturated carbocycles. The molecule has 0 radical (unpaired) electrons. The van der Waals surface area contributed by atoms with Crippen LogP contribution in [0.1, 0.15) is 13.3 Å². The lowest BCUT2D eigenvalue weighted by Crippen LogP contribution is -2.49. The number of hydrogen-bond donors (Lipinski definition) is 1. The van der Waals surface area contributed by atoms with Crippen molar-refractivity contribution in [2.75, 3.05) is 24.6 Å². The van der Waals surface area contributed by atoms with Crippen molar-refractivity contribution < 1.29 is 13.2 Å². The first-order valence-electron chi connectivity index (χ1n) is 4.71. The Kier molecular flexibility index (Phi) is 3.49. The molecular weight excluding hydrogens is 204 g/mol. The minimum atomic E-state index is -2.92. The second kappa shape index (κ2) is 4.27. The molecule has 82 valence electrons. The van der Waals surface area contributed by atoms with Crippen molar-refractivity contribution in [1.82, 2.24) is 4.90 Å². The van der Waals surface area contributed by atoms with Gasteiger partial charge in [-0.15, -0.1) is 0 Å². The Balaban J connectivity index is 2.54. The van der Waals surface area contributed by atoms with Crippen LogP contribution >= 0.6 is 0 Å². The van der Waals surface area contributed by atoms with Gasteiger partial charge in [-0.1, -0.05) is 6.92 Å². The number of sulfone groups is 1. The van der Waals surface area contributed by atoms with Gasteiger partial charge in [0.1, 0.15) is 0 Å². The third-order valence-corrected chi connectivity index (χ3v) is 4.02. The van der Waals surface area contributed by atoms with Gasteiger partial charge in [-0.3, -0.25) is 4.79 Å². The van der Waals surface area contributed by atoms with E-state index in [1.807, 2.05) is 6.92 Å². The maximum atomic E-state index is 11.5. The fourth-order valence-electron chi connectivity index (χ4n) is 1.34. The summed E-state index contributed by atoms with van der Waals surface area (Å²) in [5, 5.41) is 0. The molecule has 14 heavy (non-hydrogen) atoms. The summed E-state index contributed by atoms with van der Waals surface area (Å²) in [4.78, 5) is 13.1. The fourth-order valence-corrected chi connectivity index (χ4v) is 2.54. The van der Waals surface area contributed by atoms with Crippen LogP contribution in [0.5, 0.6) is 0 Å². The van der Waals surface area contributed by atoms with Crippen molar-refractivity contribution in [1.29, 1.82) is 0 Å². The van der Waals surface area contributed by atoms with Crippen molar-refractivity contribution in [3.63, 3.8) is 0 Å². The molecule has 0 aromatic carbocycles. The van der Waals surface area contributed by atoms with Gasteiger partial charge in [0.25, 0.3) is 0 Å². The number of rotatable bonds is 2. The van der Waals surface area contributed by atoms with E-state index in [4.69, 9.17) is 5.73 Å². The first-order chi connectivity index (χ1) is 6.46. The summed E-state index contributed by atoms with van der Waals surface area (Å²) in [6.45, 7) is 2.41. The summed E-state index contributed by atoms with van der Waals surface area (Å²) >= 11 is 0. The number of hydrogen-bond acceptors (Lipinski definition) is 4. The third kappa shape index (κ3) is 2.68.